The van der Waals surface area contributed by atoms with Gasteiger partial charge in [0, 0.05) is 36.3 Å². The maximum absolute atomic E-state index is 13.3. The van der Waals surface area contributed by atoms with Gasteiger partial charge in [0.15, 0.2) is 0 Å². The van der Waals surface area contributed by atoms with E-state index in [-0.39, 0.29) is 11.3 Å². The molecule has 0 saturated carbocycles. The van der Waals surface area contributed by atoms with E-state index >= 15 is 0 Å². The molecule has 4 aromatic rings. The van der Waals surface area contributed by atoms with Crippen molar-refractivity contribution in [3.63, 3.8) is 0 Å². The van der Waals surface area contributed by atoms with Gasteiger partial charge in [-0.1, -0.05) is 24.6 Å². The Hall–Kier alpha value is -3.96. The number of para-hydroxylation sites is 1. The van der Waals surface area contributed by atoms with Crippen LogP contribution >= 0.6 is 0 Å². The molecule has 0 spiro atoms. The first-order chi connectivity index (χ1) is 16.1. The third kappa shape index (κ3) is 3.66. The van der Waals surface area contributed by atoms with Crippen LogP contribution in [0.5, 0.6) is 0 Å². The van der Waals surface area contributed by atoms with Crippen LogP contribution in [-0.2, 0) is 6.54 Å². The van der Waals surface area contributed by atoms with Gasteiger partial charge in [-0.15, -0.1) is 0 Å². The van der Waals surface area contributed by atoms with Crippen molar-refractivity contribution >= 4 is 27.6 Å². The summed E-state index contributed by atoms with van der Waals surface area (Å²) in [5.41, 5.74) is 2.57. The molecule has 2 aromatic carbocycles. The first-order valence-electron chi connectivity index (χ1n) is 11.1. The van der Waals surface area contributed by atoms with Crippen molar-refractivity contribution in [2.45, 2.75) is 25.8 Å². The molecule has 8 heteroatoms. The summed E-state index contributed by atoms with van der Waals surface area (Å²) < 4.78 is 3.69. The molecule has 0 bridgehead atoms. The molecule has 1 saturated heterocycles. The molecule has 33 heavy (non-hydrogen) atoms. The number of non-ortho nitro benzene ring substituents is 1. The molecule has 0 unspecified atom stereocenters. The number of nitriles is 1. The Morgan fingerprint density at radius 2 is 1.70 bits per heavy atom. The quantitative estimate of drug-likeness (QED) is 0.341. The lowest BCUT2D eigenvalue weighted by Gasteiger charge is -2.26. The first kappa shape index (κ1) is 20.9. The molecule has 8 nitrogen and oxygen atoms in total. The second-order valence-corrected chi connectivity index (χ2v) is 8.39. The fraction of sp³-hybridized carbons (Fsp3) is 0.280. The maximum atomic E-state index is 13.3. The van der Waals surface area contributed by atoms with Crippen LogP contribution in [0.4, 0.5) is 5.69 Å². The van der Waals surface area contributed by atoms with Gasteiger partial charge in [0.05, 0.1) is 21.5 Å². The molecular formula is C25H23N5O3. The van der Waals surface area contributed by atoms with Gasteiger partial charge in [-0.2, -0.15) is 5.26 Å². The average Bonchev–Trinajstić information content (AvgIpc) is 3.16. The van der Waals surface area contributed by atoms with Crippen LogP contribution < -0.4 is 5.56 Å². The lowest BCUT2D eigenvalue weighted by Crippen LogP contribution is -2.32. The van der Waals surface area contributed by atoms with Gasteiger partial charge in [-0.05, 0) is 50.2 Å². The summed E-state index contributed by atoms with van der Waals surface area (Å²) in [5, 5.41) is 21.7. The second kappa shape index (κ2) is 8.52. The number of pyridine rings is 1. The van der Waals surface area contributed by atoms with Crippen LogP contribution in [0.25, 0.3) is 27.6 Å². The topological polar surface area (TPSA) is 97.1 Å². The number of aromatic nitrogens is 2. The molecule has 0 atom stereocenters. The van der Waals surface area contributed by atoms with Crippen molar-refractivity contribution in [2.75, 3.05) is 19.6 Å². The summed E-state index contributed by atoms with van der Waals surface area (Å²) in [7, 11) is 0. The summed E-state index contributed by atoms with van der Waals surface area (Å²) in [6.45, 7) is 3.82. The number of hydrogen-bond acceptors (Lipinski definition) is 5. The van der Waals surface area contributed by atoms with E-state index in [4.69, 9.17) is 0 Å². The number of nitrogens with zero attached hydrogens (tertiary/aromatic N) is 5. The highest BCUT2D eigenvalue weighted by molar-refractivity contribution is 6.07. The van der Waals surface area contributed by atoms with E-state index in [9.17, 15) is 20.2 Å². The minimum absolute atomic E-state index is 0.0443. The zero-order valence-corrected chi connectivity index (χ0v) is 18.1. The minimum Gasteiger partial charge on any atom is -0.338 e. The third-order valence-electron chi connectivity index (χ3n) is 6.45. The van der Waals surface area contributed by atoms with Crippen LogP contribution in [0.15, 0.2) is 59.4 Å². The fourth-order valence-corrected chi connectivity index (χ4v) is 4.82. The highest BCUT2D eigenvalue weighted by Gasteiger charge is 2.20. The molecule has 0 amide bonds. The molecule has 0 radical (unpaired) electrons. The van der Waals surface area contributed by atoms with Gasteiger partial charge in [0.1, 0.15) is 11.6 Å². The predicted octanol–water partition coefficient (Wildman–Crippen LogP) is 4.21. The number of likely N-dealkylation sites (tertiary alicyclic amines) is 1. The second-order valence-electron chi connectivity index (χ2n) is 8.39. The summed E-state index contributed by atoms with van der Waals surface area (Å²) in [5.74, 6) is 0. The smallest absolute Gasteiger partial charge is 0.273 e. The number of piperidine rings is 1. The monoisotopic (exact) mass is 441 g/mol. The maximum Gasteiger partial charge on any atom is 0.273 e. The molecule has 3 heterocycles. The lowest BCUT2D eigenvalue weighted by molar-refractivity contribution is -0.384. The van der Waals surface area contributed by atoms with Crippen molar-refractivity contribution in [1.82, 2.24) is 14.0 Å². The van der Waals surface area contributed by atoms with Crippen LogP contribution in [0, 0.1) is 21.4 Å². The van der Waals surface area contributed by atoms with Gasteiger partial charge in [-0.3, -0.25) is 19.5 Å². The van der Waals surface area contributed by atoms with E-state index in [0.717, 1.165) is 42.6 Å². The van der Waals surface area contributed by atoms with Crippen LogP contribution in [0.3, 0.4) is 0 Å². The molecule has 0 aliphatic carbocycles. The third-order valence-corrected chi connectivity index (χ3v) is 6.45. The van der Waals surface area contributed by atoms with Gasteiger partial charge >= 0.3 is 0 Å². The number of hydrogen-bond donors (Lipinski definition) is 0. The van der Waals surface area contributed by atoms with Crippen molar-refractivity contribution in [3.05, 3.63) is 80.6 Å². The van der Waals surface area contributed by atoms with Crippen LogP contribution in [0.1, 0.15) is 24.8 Å². The number of nitro groups is 1. The molecule has 1 aliphatic rings. The average molecular weight is 441 g/mol. The van der Waals surface area contributed by atoms with E-state index in [2.05, 4.69) is 9.47 Å². The van der Waals surface area contributed by atoms with Gasteiger partial charge < -0.3 is 9.47 Å². The fourth-order valence-electron chi connectivity index (χ4n) is 4.82. The molecule has 1 aliphatic heterocycles. The number of benzene rings is 2. The Labute approximate surface area is 190 Å². The molecule has 166 valence electrons. The number of nitro benzene ring substituents is 1. The predicted molar refractivity (Wildman–Crippen MR) is 127 cm³/mol. The summed E-state index contributed by atoms with van der Waals surface area (Å²) in [6, 6.07) is 17.5. The molecule has 5 rings (SSSR count). The highest BCUT2D eigenvalue weighted by atomic mass is 16.6. The number of rotatable bonds is 5. The van der Waals surface area contributed by atoms with Crippen molar-refractivity contribution < 1.29 is 4.92 Å². The summed E-state index contributed by atoms with van der Waals surface area (Å²) in [6.07, 6.45) is 3.70. The van der Waals surface area contributed by atoms with E-state index in [1.54, 1.807) is 18.2 Å². The van der Waals surface area contributed by atoms with Crippen LogP contribution in [0.2, 0.25) is 0 Å². The summed E-state index contributed by atoms with van der Waals surface area (Å²) in [4.78, 5) is 26.4. The Morgan fingerprint density at radius 3 is 2.39 bits per heavy atom. The molecular weight excluding hydrogens is 418 g/mol. The lowest BCUT2D eigenvalue weighted by atomic mass is 10.1. The Morgan fingerprint density at radius 1 is 0.970 bits per heavy atom. The highest BCUT2D eigenvalue weighted by Crippen LogP contribution is 2.31. The zero-order chi connectivity index (χ0) is 22.9. The standard InChI is InChI=1S/C25H23N5O3/c26-17-18-16-23-24(29(25(18)31)19-8-10-20(11-9-19)30(32)33)21-6-2-3-7-22(21)28(23)15-14-27-12-4-1-5-13-27/h2-3,6-11,16H,1,4-5,12-15H2. The zero-order valence-electron chi connectivity index (χ0n) is 18.1. The summed E-state index contributed by atoms with van der Waals surface area (Å²) >= 11 is 0. The van der Waals surface area contributed by atoms with Gasteiger partial charge in [0.25, 0.3) is 11.2 Å². The minimum atomic E-state index is -0.472. The first-order valence-corrected chi connectivity index (χ1v) is 11.1. The van der Waals surface area contributed by atoms with Crippen LogP contribution in [-0.4, -0.2) is 38.6 Å². The Bertz CT molecular complexity index is 1450. The van der Waals surface area contributed by atoms with Crippen molar-refractivity contribution in [3.8, 4) is 11.8 Å². The van der Waals surface area contributed by atoms with Crippen molar-refractivity contribution in [1.29, 1.82) is 5.26 Å². The normalized spacial score (nSPS) is 14.5. The Kier molecular flexibility index (Phi) is 5.40. The van der Waals surface area contributed by atoms with E-state index in [1.165, 1.54) is 36.0 Å². The number of fused-ring (bicyclic) bond motifs is 3. The Balaban J connectivity index is 1.73. The largest absolute Gasteiger partial charge is 0.338 e. The van der Waals surface area contributed by atoms with E-state index in [0.29, 0.717) is 11.2 Å². The van der Waals surface area contributed by atoms with Gasteiger partial charge in [-0.25, -0.2) is 0 Å². The van der Waals surface area contributed by atoms with E-state index in [1.807, 2.05) is 30.3 Å². The molecule has 2 aromatic heterocycles. The molecule has 1 fully saturated rings. The molecule has 0 N–H and O–H groups in total. The SMILES string of the molecule is N#Cc1cc2c(c3ccccc3n2CCN2CCCCC2)n(-c2ccc([N+](=O)[O-])cc2)c1=O. The van der Waals surface area contributed by atoms with Gasteiger partial charge in [0.2, 0.25) is 0 Å². The van der Waals surface area contributed by atoms with E-state index < -0.39 is 10.5 Å². The van der Waals surface area contributed by atoms with Crippen molar-refractivity contribution in [2.24, 2.45) is 0 Å².